The predicted octanol–water partition coefficient (Wildman–Crippen LogP) is 2.24. The molecule has 2 N–H and O–H groups in total. The number of hydrogen-bond donors (Lipinski definition) is 1. The number of nitrogens with zero attached hydrogens (tertiary/aromatic N) is 1. The Hall–Kier alpha value is -0.0800. The summed E-state index contributed by atoms with van der Waals surface area (Å²) < 4.78 is 0. The molecule has 0 aromatic carbocycles. The summed E-state index contributed by atoms with van der Waals surface area (Å²) in [5, 5.41) is 0. The molecule has 0 spiro atoms. The van der Waals surface area contributed by atoms with Crippen molar-refractivity contribution in [1.82, 2.24) is 4.90 Å². The number of nitrogens with two attached hydrogens (primary N) is 1. The van der Waals surface area contributed by atoms with Crippen LogP contribution in [0.2, 0.25) is 0 Å². The summed E-state index contributed by atoms with van der Waals surface area (Å²) in [4.78, 5) is 2.23. The number of rotatable bonds is 4. The average molecular weight is 198 g/mol. The second kappa shape index (κ2) is 6.41. The molecular formula is C12H26N2. The van der Waals surface area contributed by atoms with E-state index in [1.807, 2.05) is 0 Å². The second-order valence-corrected chi connectivity index (χ2v) is 5.01. The molecular weight excluding hydrogens is 172 g/mol. The van der Waals surface area contributed by atoms with Gasteiger partial charge in [0.1, 0.15) is 0 Å². The van der Waals surface area contributed by atoms with Gasteiger partial charge in [-0.2, -0.15) is 0 Å². The SMILES string of the molecule is CN(C)CCC(N)C1CCCCCC1. The van der Waals surface area contributed by atoms with Crippen LogP contribution in [0, 0.1) is 5.92 Å². The van der Waals surface area contributed by atoms with Gasteiger partial charge in [0.2, 0.25) is 0 Å². The third-order valence-electron chi connectivity index (χ3n) is 3.41. The summed E-state index contributed by atoms with van der Waals surface area (Å²) in [6.45, 7) is 1.14. The van der Waals surface area contributed by atoms with Crippen molar-refractivity contribution in [2.45, 2.75) is 51.0 Å². The van der Waals surface area contributed by atoms with E-state index in [0.717, 1.165) is 18.9 Å². The highest BCUT2D eigenvalue weighted by atomic mass is 15.0. The quantitative estimate of drug-likeness (QED) is 0.702. The first-order valence-electron chi connectivity index (χ1n) is 6.10. The summed E-state index contributed by atoms with van der Waals surface area (Å²) in [5.74, 6) is 0.803. The summed E-state index contributed by atoms with van der Waals surface area (Å²) >= 11 is 0. The van der Waals surface area contributed by atoms with Gasteiger partial charge in [0.05, 0.1) is 0 Å². The second-order valence-electron chi connectivity index (χ2n) is 5.01. The third kappa shape index (κ3) is 4.43. The third-order valence-corrected chi connectivity index (χ3v) is 3.41. The van der Waals surface area contributed by atoms with Crippen LogP contribution in [0.3, 0.4) is 0 Å². The van der Waals surface area contributed by atoms with Crippen LogP contribution < -0.4 is 5.73 Å². The van der Waals surface area contributed by atoms with E-state index < -0.39 is 0 Å². The van der Waals surface area contributed by atoms with Crippen molar-refractivity contribution < 1.29 is 0 Å². The molecule has 1 atom stereocenters. The van der Waals surface area contributed by atoms with E-state index in [1.165, 1.54) is 38.5 Å². The Morgan fingerprint density at radius 1 is 1.14 bits per heavy atom. The lowest BCUT2D eigenvalue weighted by molar-refractivity contribution is 0.312. The highest BCUT2D eigenvalue weighted by Crippen LogP contribution is 2.25. The zero-order valence-electron chi connectivity index (χ0n) is 9.84. The first kappa shape index (κ1) is 12.0. The molecule has 0 heterocycles. The summed E-state index contributed by atoms with van der Waals surface area (Å²) in [5.41, 5.74) is 6.24. The molecule has 14 heavy (non-hydrogen) atoms. The lowest BCUT2D eigenvalue weighted by Crippen LogP contribution is -2.33. The van der Waals surface area contributed by atoms with Crippen LogP contribution in [0.25, 0.3) is 0 Å². The van der Waals surface area contributed by atoms with Gasteiger partial charge in [-0.1, -0.05) is 25.7 Å². The Morgan fingerprint density at radius 3 is 2.21 bits per heavy atom. The maximum atomic E-state index is 6.24. The molecule has 0 bridgehead atoms. The van der Waals surface area contributed by atoms with Crippen molar-refractivity contribution in [3.05, 3.63) is 0 Å². The van der Waals surface area contributed by atoms with Crippen LogP contribution >= 0.6 is 0 Å². The molecule has 0 aromatic rings. The fraction of sp³-hybridized carbons (Fsp3) is 1.00. The fourth-order valence-electron chi connectivity index (χ4n) is 2.38. The first-order chi connectivity index (χ1) is 6.70. The molecule has 1 aliphatic carbocycles. The lowest BCUT2D eigenvalue weighted by Gasteiger charge is -2.23. The number of hydrogen-bond acceptors (Lipinski definition) is 2. The maximum absolute atomic E-state index is 6.24. The van der Waals surface area contributed by atoms with E-state index in [1.54, 1.807) is 0 Å². The van der Waals surface area contributed by atoms with Gasteiger partial charge in [0.15, 0.2) is 0 Å². The molecule has 84 valence electrons. The normalized spacial score (nSPS) is 22.3. The van der Waals surface area contributed by atoms with Crippen molar-refractivity contribution >= 4 is 0 Å². The molecule has 1 fully saturated rings. The monoisotopic (exact) mass is 198 g/mol. The lowest BCUT2D eigenvalue weighted by atomic mass is 9.90. The van der Waals surface area contributed by atoms with E-state index in [0.29, 0.717) is 6.04 Å². The minimum absolute atomic E-state index is 0.440. The van der Waals surface area contributed by atoms with E-state index in [9.17, 15) is 0 Å². The summed E-state index contributed by atoms with van der Waals surface area (Å²) in [7, 11) is 4.25. The molecule has 0 aromatic heterocycles. The average Bonchev–Trinajstić information content (AvgIpc) is 2.42. The molecule has 1 unspecified atom stereocenters. The first-order valence-corrected chi connectivity index (χ1v) is 6.10. The van der Waals surface area contributed by atoms with Gasteiger partial charge in [0, 0.05) is 6.04 Å². The van der Waals surface area contributed by atoms with Crippen LogP contribution in [-0.4, -0.2) is 31.6 Å². The zero-order chi connectivity index (χ0) is 10.4. The van der Waals surface area contributed by atoms with E-state index in [4.69, 9.17) is 5.73 Å². The molecule has 1 aliphatic rings. The predicted molar refractivity (Wildman–Crippen MR) is 62.3 cm³/mol. The smallest absolute Gasteiger partial charge is 0.00793 e. The molecule has 0 aliphatic heterocycles. The van der Waals surface area contributed by atoms with Gasteiger partial charge in [-0.25, -0.2) is 0 Å². The van der Waals surface area contributed by atoms with Gasteiger partial charge in [-0.05, 0) is 45.8 Å². The van der Waals surface area contributed by atoms with Crippen LogP contribution in [-0.2, 0) is 0 Å². The Morgan fingerprint density at radius 2 is 1.71 bits per heavy atom. The van der Waals surface area contributed by atoms with E-state index >= 15 is 0 Å². The zero-order valence-corrected chi connectivity index (χ0v) is 9.84. The van der Waals surface area contributed by atoms with Gasteiger partial charge >= 0.3 is 0 Å². The minimum atomic E-state index is 0.440. The Kier molecular flexibility index (Phi) is 5.49. The molecule has 1 rings (SSSR count). The molecule has 0 saturated heterocycles. The van der Waals surface area contributed by atoms with Crippen molar-refractivity contribution in [3.8, 4) is 0 Å². The Bertz CT molecular complexity index is 137. The van der Waals surface area contributed by atoms with Gasteiger partial charge < -0.3 is 10.6 Å². The molecule has 1 saturated carbocycles. The van der Waals surface area contributed by atoms with Gasteiger partial charge in [-0.15, -0.1) is 0 Å². The summed E-state index contributed by atoms with van der Waals surface area (Å²) in [6, 6.07) is 0.440. The van der Waals surface area contributed by atoms with Gasteiger partial charge in [0.25, 0.3) is 0 Å². The molecule has 2 heteroatoms. The minimum Gasteiger partial charge on any atom is -0.327 e. The summed E-state index contributed by atoms with van der Waals surface area (Å²) in [6.07, 6.45) is 9.56. The van der Waals surface area contributed by atoms with E-state index in [-0.39, 0.29) is 0 Å². The van der Waals surface area contributed by atoms with Crippen molar-refractivity contribution in [1.29, 1.82) is 0 Å². The van der Waals surface area contributed by atoms with Crippen molar-refractivity contribution in [3.63, 3.8) is 0 Å². The topological polar surface area (TPSA) is 29.3 Å². The molecule has 0 amide bonds. The van der Waals surface area contributed by atoms with Crippen molar-refractivity contribution in [2.75, 3.05) is 20.6 Å². The Labute approximate surface area is 88.8 Å². The highest BCUT2D eigenvalue weighted by molar-refractivity contribution is 4.76. The van der Waals surface area contributed by atoms with Crippen LogP contribution in [0.15, 0.2) is 0 Å². The van der Waals surface area contributed by atoms with Crippen LogP contribution in [0.1, 0.15) is 44.9 Å². The maximum Gasteiger partial charge on any atom is 0.00793 e. The van der Waals surface area contributed by atoms with E-state index in [2.05, 4.69) is 19.0 Å². The fourth-order valence-corrected chi connectivity index (χ4v) is 2.38. The van der Waals surface area contributed by atoms with Gasteiger partial charge in [-0.3, -0.25) is 0 Å². The highest BCUT2D eigenvalue weighted by Gasteiger charge is 2.18. The molecule has 2 nitrogen and oxygen atoms in total. The van der Waals surface area contributed by atoms with Crippen molar-refractivity contribution in [2.24, 2.45) is 11.7 Å². The molecule has 0 radical (unpaired) electrons. The Balaban J connectivity index is 2.23. The van der Waals surface area contributed by atoms with Crippen LogP contribution in [0.4, 0.5) is 0 Å². The largest absolute Gasteiger partial charge is 0.327 e. The van der Waals surface area contributed by atoms with Crippen LogP contribution in [0.5, 0.6) is 0 Å². The standard InChI is InChI=1S/C12H26N2/c1-14(2)10-9-12(13)11-7-5-3-4-6-8-11/h11-12H,3-10,13H2,1-2H3.